The second kappa shape index (κ2) is 5.48. The minimum atomic E-state index is -3.87. The van der Waals surface area contributed by atoms with Crippen molar-refractivity contribution in [1.29, 1.82) is 0 Å². The Morgan fingerprint density at radius 3 is 2.76 bits per heavy atom. The van der Waals surface area contributed by atoms with Crippen molar-refractivity contribution >= 4 is 27.6 Å². The van der Waals surface area contributed by atoms with Gasteiger partial charge in [-0.05, 0) is 6.92 Å². The highest BCUT2D eigenvalue weighted by atomic mass is 35.5. The van der Waals surface area contributed by atoms with E-state index in [9.17, 15) is 13.2 Å². The summed E-state index contributed by atoms with van der Waals surface area (Å²) in [6, 6.07) is 0. The van der Waals surface area contributed by atoms with Gasteiger partial charge in [0.05, 0.1) is 17.8 Å². The molecular formula is C8H12ClN3O4S. The predicted octanol–water partition coefficient (Wildman–Crippen LogP) is -0.0851. The average molecular weight is 282 g/mol. The van der Waals surface area contributed by atoms with Gasteiger partial charge in [0.25, 0.3) is 10.0 Å². The maximum absolute atomic E-state index is 11.8. The van der Waals surface area contributed by atoms with E-state index in [-0.39, 0.29) is 16.7 Å². The monoisotopic (exact) mass is 281 g/mol. The van der Waals surface area contributed by atoms with E-state index < -0.39 is 22.5 Å². The van der Waals surface area contributed by atoms with Crippen LogP contribution in [0.4, 0.5) is 0 Å². The molecule has 7 nitrogen and oxygen atoms in total. The molecule has 1 aromatic heterocycles. The zero-order valence-electron chi connectivity index (χ0n) is 9.31. The molecule has 0 radical (unpaired) electrons. The number of aromatic nitrogens is 2. The van der Waals surface area contributed by atoms with E-state index in [0.717, 1.165) is 4.68 Å². The summed E-state index contributed by atoms with van der Waals surface area (Å²) in [5.41, 5.74) is 0. The highest BCUT2D eigenvalue weighted by Crippen LogP contribution is 2.19. The Kier molecular flexibility index (Phi) is 4.49. The number of sulfonamides is 1. The highest BCUT2D eigenvalue weighted by Gasteiger charge is 2.23. The lowest BCUT2D eigenvalue weighted by Crippen LogP contribution is -2.32. The van der Waals surface area contributed by atoms with Crippen molar-refractivity contribution in [2.45, 2.75) is 11.9 Å². The van der Waals surface area contributed by atoms with E-state index in [2.05, 4.69) is 14.6 Å². The van der Waals surface area contributed by atoms with Crippen LogP contribution in [0.1, 0.15) is 6.92 Å². The number of rotatable bonds is 5. The van der Waals surface area contributed by atoms with Gasteiger partial charge in [0, 0.05) is 7.05 Å². The minimum absolute atomic E-state index is 0.0103. The molecule has 0 fully saturated rings. The Hall–Kier alpha value is -1.12. The van der Waals surface area contributed by atoms with Gasteiger partial charge in [0.1, 0.15) is 6.54 Å². The van der Waals surface area contributed by atoms with Gasteiger partial charge in [-0.15, -0.1) is 0 Å². The number of carbonyl (C=O) groups excluding carboxylic acids is 1. The van der Waals surface area contributed by atoms with E-state index in [1.807, 2.05) is 0 Å². The average Bonchev–Trinajstić information content (AvgIpc) is 2.57. The fourth-order valence-corrected chi connectivity index (χ4v) is 2.76. The minimum Gasteiger partial charge on any atom is -0.465 e. The lowest BCUT2D eigenvalue weighted by Gasteiger charge is -2.06. The first-order chi connectivity index (χ1) is 7.88. The Morgan fingerprint density at radius 2 is 2.29 bits per heavy atom. The molecular weight excluding hydrogens is 270 g/mol. The lowest BCUT2D eigenvalue weighted by molar-refractivity contribution is -0.141. The summed E-state index contributed by atoms with van der Waals surface area (Å²) < 4.78 is 31.3. The van der Waals surface area contributed by atoms with Crippen molar-refractivity contribution in [3.05, 3.63) is 11.2 Å². The van der Waals surface area contributed by atoms with Gasteiger partial charge in [-0.1, -0.05) is 11.6 Å². The van der Waals surface area contributed by atoms with Crippen LogP contribution in [0.5, 0.6) is 0 Å². The van der Waals surface area contributed by atoms with Crippen molar-refractivity contribution in [2.75, 3.05) is 13.2 Å². The molecule has 0 aromatic carbocycles. The largest absolute Gasteiger partial charge is 0.465 e. The Labute approximate surface area is 104 Å². The van der Waals surface area contributed by atoms with Gasteiger partial charge < -0.3 is 4.74 Å². The fraction of sp³-hybridized carbons (Fsp3) is 0.500. The van der Waals surface area contributed by atoms with Crippen LogP contribution in [0.2, 0.25) is 5.02 Å². The molecule has 1 rings (SSSR count). The molecule has 1 N–H and O–H groups in total. The van der Waals surface area contributed by atoms with Crippen molar-refractivity contribution in [3.63, 3.8) is 0 Å². The zero-order valence-corrected chi connectivity index (χ0v) is 10.9. The summed E-state index contributed by atoms with van der Waals surface area (Å²) in [5.74, 6) is -0.658. The normalized spacial score (nSPS) is 11.5. The summed E-state index contributed by atoms with van der Waals surface area (Å²) in [6.07, 6.45) is 1.21. The number of nitrogens with one attached hydrogen (secondary N) is 1. The third-order valence-electron chi connectivity index (χ3n) is 1.81. The van der Waals surface area contributed by atoms with E-state index in [1.54, 1.807) is 6.92 Å². The quantitative estimate of drug-likeness (QED) is 0.762. The van der Waals surface area contributed by atoms with Crippen LogP contribution in [-0.4, -0.2) is 37.3 Å². The zero-order chi connectivity index (χ0) is 13.1. The molecule has 0 saturated heterocycles. The number of halogens is 1. The smallest absolute Gasteiger partial charge is 0.321 e. The number of hydrogen-bond donors (Lipinski definition) is 1. The fourth-order valence-electron chi connectivity index (χ4n) is 1.14. The third kappa shape index (κ3) is 3.42. The highest BCUT2D eigenvalue weighted by molar-refractivity contribution is 7.89. The maximum Gasteiger partial charge on any atom is 0.321 e. The molecule has 0 bridgehead atoms. The van der Waals surface area contributed by atoms with E-state index in [1.165, 1.54) is 13.2 Å². The van der Waals surface area contributed by atoms with Crippen LogP contribution in [-0.2, 0) is 26.6 Å². The van der Waals surface area contributed by atoms with Gasteiger partial charge in [-0.3, -0.25) is 9.48 Å². The predicted molar refractivity (Wildman–Crippen MR) is 60.0 cm³/mol. The summed E-state index contributed by atoms with van der Waals surface area (Å²) >= 11 is 5.69. The van der Waals surface area contributed by atoms with E-state index >= 15 is 0 Å². The summed E-state index contributed by atoms with van der Waals surface area (Å²) in [6.45, 7) is 1.37. The number of esters is 1. The molecule has 1 heterocycles. The van der Waals surface area contributed by atoms with Gasteiger partial charge in [-0.2, -0.15) is 9.82 Å². The lowest BCUT2D eigenvalue weighted by atomic mass is 10.7. The number of aryl methyl sites for hydroxylation is 1. The topological polar surface area (TPSA) is 90.3 Å². The summed E-state index contributed by atoms with van der Waals surface area (Å²) in [5, 5.41) is 3.49. The van der Waals surface area contributed by atoms with E-state index in [0.29, 0.717) is 0 Å². The second-order valence-electron chi connectivity index (χ2n) is 3.05. The number of hydrogen-bond acceptors (Lipinski definition) is 5. The molecule has 17 heavy (non-hydrogen) atoms. The molecule has 96 valence electrons. The van der Waals surface area contributed by atoms with Gasteiger partial charge in [0.2, 0.25) is 0 Å². The van der Waals surface area contributed by atoms with Crippen molar-refractivity contribution in [1.82, 2.24) is 14.5 Å². The van der Waals surface area contributed by atoms with Crippen LogP contribution in [0.3, 0.4) is 0 Å². The third-order valence-corrected chi connectivity index (χ3v) is 3.72. The van der Waals surface area contributed by atoms with Crippen LogP contribution in [0.25, 0.3) is 0 Å². The van der Waals surface area contributed by atoms with Gasteiger partial charge >= 0.3 is 5.97 Å². The number of ether oxygens (including phenoxy) is 1. The molecule has 1 aromatic rings. The molecule has 0 aliphatic carbocycles. The first kappa shape index (κ1) is 13.9. The first-order valence-electron chi connectivity index (χ1n) is 4.71. The molecule has 0 unspecified atom stereocenters. The van der Waals surface area contributed by atoms with Crippen LogP contribution in [0.15, 0.2) is 11.2 Å². The van der Waals surface area contributed by atoms with Gasteiger partial charge in [-0.25, -0.2) is 8.42 Å². The molecule has 0 amide bonds. The van der Waals surface area contributed by atoms with Crippen molar-refractivity contribution in [3.8, 4) is 0 Å². The first-order valence-corrected chi connectivity index (χ1v) is 6.57. The Bertz CT molecular complexity index is 491. The van der Waals surface area contributed by atoms with E-state index in [4.69, 9.17) is 11.6 Å². The second-order valence-corrected chi connectivity index (χ2v) is 5.14. The molecule has 0 aliphatic heterocycles. The molecule has 0 atom stereocenters. The van der Waals surface area contributed by atoms with Crippen molar-refractivity contribution < 1.29 is 17.9 Å². The van der Waals surface area contributed by atoms with Gasteiger partial charge in [0.15, 0.2) is 5.03 Å². The van der Waals surface area contributed by atoms with Crippen LogP contribution < -0.4 is 4.72 Å². The summed E-state index contributed by atoms with van der Waals surface area (Å²) in [7, 11) is -2.44. The SMILES string of the molecule is CCOC(=O)CNS(=O)(=O)c1c(Cl)cnn1C. The maximum atomic E-state index is 11.8. The molecule has 0 aliphatic rings. The molecule has 0 saturated carbocycles. The summed E-state index contributed by atoms with van der Waals surface area (Å²) in [4.78, 5) is 11.0. The Balaban J connectivity index is 2.80. The van der Waals surface area contributed by atoms with Crippen molar-refractivity contribution in [2.24, 2.45) is 7.05 Å². The number of carbonyl (C=O) groups is 1. The Morgan fingerprint density at radius 1 is 1.65 bits per heavy atom. The van der Waals surface area contributed by atoms with Crippen LogP contribution >= 0.6 is 11.6 Å². The standard InChI is InChI=1S/C8H12ClN3O4S/c1-3-16-7(13)5-11-17(14,15)8-6(9)4-10-12(8)2/h4,11H,3,5H2,1-2H3. The molecule has 0 spiro atoms. The number of nitrogens with zero attached hydrogens (tertiary/aromatic N) is 2. The van der Waals surface area contributed by atoms with Crippen LogP contribution in [0, 0.1) is 0 Å². The molecule has 9 heteroatoms.